The lowest BCUT2D eigenvalue weighted by Gasteiger charge is -2.10. The van der Waals surface area contributed by atoms with Crippen LogP contribution in [0.25, 0.3) is 0 Å². The molecule has 0 bridgehead atoms. The standard InChI is InChI=1S/C13H21N3/c1-10(2)12-7-5-11(6-8-12)9-15-13(14)16(3)4/h5-8,10H,9H2,1-4H3,(H2,14,15). The molecule has 0 fully saturated rings. The molecule has 0 saturated carbocycles. The number of nitrogens with two attached hydrogens (primary N) is 1. The van der Waals surface area contributed by atoms with Crippen LogP contribution in [0.2, 0.25) is 0 Å². The molecule has 3 heteroatoms. The van der Waals surface area contributed by atoms with Gasteiger partial charge in [0.1, 0.15) is 0 Å². The zero-order valence-electron chi connectivity index (χ0n) is 10.6. The minimum absolute atomic E-state index is 0.563. The summed E-state index contributed by atoms with van der Waals surface area (Å²) in [5.74, 6) is 1.14. The van der Waals surface area contributed by atoms with E-state index in [1.807, 2.05) is 19.0 Å². The Morgan fingerprint density at radius 2 is 1.81 bits per heavy atom. The van der Waals surface area contributed by atoms with Crippen molar-refractivity contribution < 1.29 is 0 Å². The average molecular weight is 219 g/mol. The largest absolute Gasteiger partial charge is 0.370 e. The monoisotopic (exact) mass is 219 g/mol. The molecule has 0 heterocycles. The summed E-state index contributed by atoms with van der Waals surface area (Å²) in [5, 5.41) is 0. The highest BCUT2D eigenvalue weighted by Crippen LogP contribution is 2.14. The molecule has 0 spiro atoms. The van der Waals surface area contributed by atoms with Gasteiger partial charge in [-0.15, -0.1) is 0 Å². The van der Waals surface area contributed by atoms with E-state index in [-0.39, 0.29) is 0 Å². The number of aliphatic imine (C=N–C) groups is 1. The van der Waals surface area contributed by atoms with Crippen molar-refractivity contribution >= 4 is 5.96 Å². The first-order valence-corrected chi connectivity index (χ1v) is 5.56. The summed E-state index contributed by atoms with van der Waals surface area (Å²) in [6, 6.07) is 8.53. The molecule has 0 radical (unpaired) electrons. The fourth-order valence-corrected chi connectivity index (χ4v) is 1.32. The molecule has 2 N–H and O–H groups in total. The Hall–Kier alpha value is -1.51. The Balaban J connectivity index is 2.66. The van der Waals surface area contributed by atoms with E-state index in [9.17, 15) is 0 Å². The van der Waals surface area contributed by atoms with Gasteiger partial charge in [-0.3, -0.25) is 0 Å². The second-order valence-electron chi connectivity index (χ2n) is 4.47. The predicted molar refractivity (Wildman–Crippen MR) is 69.5 cm³/mol. The van der Waals surface area contributed by atoms with Gasteiger partial charge in [0, 0.05) is 14.1 Å². The molecule has 1 aromatic rings. The van der Waals surface area contributed by atoms with Crippen LogP contribution < -0.4 is 5.73 Å². The molecule has 1 aromatic carbocycles. The third-order valence-corrected chi connectivity index (χ3v) is 2.53. The Morgan fingerprint density at radius 3 is 2.25 bits per heavy atom. The van der Waals surface area contributed by atoms with Crippen LogP contribution in [-0.2, 0) is 6.54 Å². The average Bonchev–Trinajstić information content (AvgIpc) is 2.26. The van der Waals surface area contributed by atoms with Gasteiger partial charge >= 0.3 is 0 Å². The predicted octanol–water partition coefficient (Wildman–Crippen LogP) is 2.19. The summed E-state index contributed by atoms with van der Waals surface area (Å²) in [6.45, 7) is 5.02. The quantitative estimate of drug-likeness (QED) is 0.625. The first-order chi connectivity index (χ1) is 7.50. The minimum atomic E-state index is 0.563. The lowest BCUT2D eigenvalue weighted by molar-refractivity contribution is 0.609. The van der Waals surface area contributed by atoms with Crippen LogP contribution in [0.4, 0.5) is 0 Å². The summed E-state index contributed by atoms with van der Waals surface area (Å²) in [7, 11) is 3.78. The van der Waals surface area contributed by atoms with E-state index >= 15 is 0 Å². The molecule has 0 aliphatic heterocycles. The molecule has 0 atom stereocenters. The highest BCUT2D eigenvalue weighted by molar-refractivity contribution is 5.77. The van der Waals surface area contributed by atoms with Crippen LogP contribution in [-0.4, -0.2) is 25.0 Å². The van der Waals surface area contributed by atoms with Gasteiger partial charge < -0.3 is 10.6 Å². The van der Waals surface area contributed by atoms with E-state index < -0.39 is 0 Å². The van der Waals surface area contributed by atoms with Crippen molar-refractivity contribution in [3.8, 4) is 0 Å². The third-order valence-electron chi connectivity index (χ3n) is 2.53. The summed E-state index contributed by atoms with van der Waals surface area (Å²) in [4.78, 5) is 6.10. The zero-order chi connectivity index (χ0) is 12.1. The second-order valence-corrected chi connectivity index (χ2v) is 4.47. The molecule has 0 aromatic heterocycles. The SMILES string of the molecule is CC(C)c1ccc(CN=C(N)N(C)C)cc1. The second kappa shape index (κ2) is 5.54. The first-order valence-electron chi connectivity index (χ1n) is 5.56. The Bertz CT molecular complexity index is 350. The van der Waals surface area contributed by atoms with E-state index in [1.165, 1.54) is 11.1 Å². The molecule has 1 rings (SSSR count). The highest BCUT2D eigenvalue weighted by Gasteiger charge is 1.99. The lowest BCUT2D eigenvalue weighted by atomic mass is 10.0. The van der Waals surface area contributed by atoms with E-state index in [2.05, 4.69) is 43.1 Å². The van der Waals surface area contributed by atoms with Gasteiger partial charge in [0.25, 0.3) is 0 Å². The molecular formula is C13H21N3. The Labute approximate surface area is 98.0 Å². The maximum atomic E-state index is 5.72. The summed E-state index contributed by atoms with van der Waals surface area (Å²) in [6.07, 6.45) is 0. The van der Waals surface area contributed by atoms with Crippen molar-refractivity contribution in [3.63, 3.8) is 0 Å². The molecule has 0 unspecified atom stereocenters. The lowest BCUT2D eigenvalue weighted by Crippen LogP contribution is -2.30. The van der Waals surface area contributed by atoms with Crippen LogP contribution in [0.3, 0.4) is 0 Å². The molecule has 0 aliphatic rings. The fraction of sp³-hybridized carbons (Fsp3) is 0.462. The number of benzene rings is 1. The summed E-state index contributed by atoms with van der Waals surface area (Å²) in [5.41, 5.74) is 8.26. The third kappa shape index (κ3) is 3.57. The van der Waals surface area contributed by atoms with Crippen LogP contribution in [0, 0.1) is 0 Å². The van der Waals surface area contributed by atoms with E-state index in [0.29, 0.717) is 18.4 Å². The van der Waals surface area contributed by atoms with Crippen molar-refractivity contribution in [3.05, 3.63) is 35.4 Å². The van der Waals surface area contributed by atoms with Gasteiger partial charge in [0.05, 0.1) is 6.54 Å². The fourth-order valence-electron chi connectivity index (χ4n) is 1.32. The Kier molecular flexibility index (Phi) is 4.35. The summed E-state index contributed by atoms with van der Waals surface area (Å²) >= 11 is 0. The van der Waals surface area contributed by atoms with E-state index in [0.717, 1.165) is 0 Å². The molecule has 0 aliphatic carbocycles. The van der Waals surface area contributed by atoms with E-state index in [4.69, 9.17) is 5.73 Å². The highest BCUT2D eigenvalue weighted by atomic mass is 15.2. The molecule has 0 saturated heterocycles. The van der Waals surface area contributed by atoms with Gasteiger partial charge in [-0.1, -0.05) is 38.1 Å². The zero-order valence-corrected chi connectivity index (χ0v) is 10.6. The van der Waals surface area contributed by atoms with Crippen LogP contribution in [0.15, 0.2) is 29.3 Å². The molecule has 3 nitrogen and oxygen atoms in total. The minimum Gasteiger partial charge on any atom is -0.370 e. The van der Waals surface area contributed by atoms with Crippen molar-refractivity contribution in [2.75, 3.05) is 14.1 Å². The van der Waals surface area contributed by atoms with Crippen LogP contribution in [0.5, 0.6) is 0 Å². The van der Waals surface area contributed by atoms with Gasteiger partial charge in [-0.05, 0) is 17.0 Å². The first kappa shape index (κ1) is 12.6. The molecule has 16 heavy (non-hydrogen) atoms. The van der Waals surface area contributed by atoms with Crippen molar-refractivity contribution in [2.45, 2.75) is 26.3 Å². The number of rotatable bonds is 3. The summed E-state index contributed by atoms with van der Waals surface area (Å²) < 4.78 is 0. The van der Waals surface area contributed by atoms with Crippen molar-refractivity contribution in [2.24, 2.45) is 10.7 Å². The molecule has 88 valence electrons. The normalized spacial score (nSPS) is 11.9. The maximum Gasteiger partial charge on any atom is 0.191 e. The van der Waals surface area contributed by atoms with Gasteiger partial charge in [-0.25, -0.2) is 4.99 Å². The number of nitrogens with zero attached hydrogens (tertiary/aromatic N) is 2. The molecule has 0 amide bonds. The van der Waals surface area contributed by atoms with Gasteiger partial charge in [0.2, 0.25) is 0 Å². The Morgan fingerprint density at radius 1 is 1.25 bits per heavy atom. The van der Waals surface area contributed by atoms with Crippen molar-refractivity contribution in [1.82, 2.24) is 4.90 Å². The topological polar surface area (TPSA) is 41.6 Å². The molecular weight excluding hydrogens is 198 g/mol. The van der Waals surface area contributed by atoms with Crippen LogP contribution >= 0.6 is 0 Å². The van der Waals surface area contributed by atoms with Gasteiger partial charge in [-0.2, -0.15) is 0 Å². The van der Waals surface area contributed by atoms with Crippen LogP contribution in [0.1, 0.15) is 30.9 Å². The number of guanidine groups is 1. The number of hydrogen-bond donors (Lipinski definition) is 1. The van der Waals surface area contributed by atoms with E-state index in [1.54, 1.807) is 0 Å². The maximum absolute atomic E-state index is 5.72. The van der Waals surface area contributed by atoms with Crippen molar-refractivity contribution in [1.29, 1.82) is 0 Å². The van der Waals surface area contributed by atoms with Gasteiger partial charge in [0.15, 0.2) is 5.96 Å². The smallest absolute Gasteiger partial charge is 0.191 e. The number of hydrogen-bond acceptors (Lipinski definition) is 1.